The van der Waals surface area contributed by atoms with Gasteiger partial charge in [-0.15, -0.1) is 0 Å². The minimum Gasteiger partial charge on any atom is -0.339 e. The molecule has 1 atom stereocenters. The highest BCUT2D eigenvalue weighted by Crippen LogP contribution is 2.32. The monoisotopic (exact) mass is 280 g/mol. The van der Waals surface area contributed by atoms with Crippen LogP contribution in [-0.4, -0.2) is 23.4 Å². The van der Waals surface area contributed by atoms with E-state index in [1.54, 1.807) is 0 Å². The van der Waals surface area contributed by atoms with Gasteiger partial charge in [0.25, 0.3) is 0 Å². The summed E-state index contributed by atoms with van der Waals surface area (Å²) in [4.78, 5) is 14.9. The van der Waals surface area contributed by atoms with Crippen LogP contribution in [0.3, 0.4) is 0 Å². The fourth-order valence-electron chi connectivity index (χ4n) is 2.70. The molecule has 0 aromatic rings. The van der Waals surface area contributed by atoms with Gasteiger partial charge in [-0.1, -0.05) is 47.0 Å². The summed E-state index contributed by atoms with van der Waals surface area (Å²) in [6.45, 7) is 11.2. The van der Waals surface area contributed by atoms with Crippen molar-refractivity contribution >= 4 is 5.91 Å². The first kappa shape index (κ1) is 19.0. The second-order valence-electron chi connectivity index (χ2n) is 5.80. The highest BCUT2D eigenvalue weighted by molar-refractivity contribution is 5.85. The summed E-state index contributed by atoms with van der Waals surface area (Å²) in [6.07, 6.45) is 6.12. The SMILES string of the molecule is CCCCN(C(=O)C(C#N)(CCC)CCC)C(C)CC. The second kappa shape index (κ2) is 9.80. The lowest BCUT2D eigenvalue weighted by molar-refractivity contribution is -0.142. The molecule has 0 fully saturated rings. The molecule has 3 nitrogen and oxygen atoms in total. The molecular weight excluding hydrogens is 248 g/mol. The zero-order valence-electron chi connectivity index (χ0n) is 14.0. The molecule has 20 heavy (non-hydrogen) atoms. The van der Waals surface area contributed by atoms with Crippen LogP contribution in [0.15, 0.2) is 0 Å². The summed E-state index contributed by atoms with van der Waals surface area (Å²) in [5.41, 5.74) is -0.805. The molecule has 0 aromatic heterocycles. The average molecular weight is 280 g/mol. The fourth-order valence-corrected chi connectivity index (χ4v) is 2.70. The van der Waals surface area contributed by atoms with Crippen molar-refractivity contribution in [2.45, 2.75) is 85.6 Å². The summed E-state index contributed by atoms with van der Waals surface area (Å²) < 4.78 is 0. The lowest BCUT2D eigenvalue weighted by atomic mass is 9.79. The van der Waals surface area contributed by atoms with Gasteiger partial charge in [-0.05, 0) is 32.6 Å². The Bertz CT molecular complexity index is 313. The highest BCUT2D eigenvalue weighted by Gasteiger charge is 2.40. The van der Waals surface area contributed by atoms with E-state index in [1.807, 2.05) is 4.90 Å². The molecule has 0 saturated heterocycles. The predicted octanol–water partition coefficient (Wildman–Crippen LogP) is 4.52. The minimum atomic E-state index is -0.805. The van der Waals surface area contributed by atoms with Gasteiger partial charge in [0.05, 0.1) is 6.07 Å². The number of nitrogens with zero attached hydrogens (tertiary/aromatic N) is 2. The van der Waals surface area contributed by atoms with Crippen LogP contribution < -0.4 is 0 Å². The fraction of sp³-hybridized carbons (Fsp3) is 0.882. The molecule has 0 aliphatic rings. The third-order valence-electron chi connectivity index (χ3n) is 4.11. The van der Waals surface area contributed by atoms with Crippen LogP contribution in [0.5, 0.6) is 0 Å². The molecule has 0 rings (SSSR count). The van der Waals surface area contributed by atoms with Crippen LogP contribution in [0.2, 0.25) is 0 Å². The number of amides is 1. The van der Waals surface area contributed by atoms with E-state index in [4.69, 9.17) is 0 Å². The molecule has 0 aromatic carbocycles. The van der Waals surface area contributed by atoms with Gasteiger partial charge in [0.1, 0.15) is 5.41 Å². The standard InChI is InChI=1S/C17H32N2O/c1-6-10-13-19(15(5)9-4)16(20)17(14-18,11-7-2)12-8-3/h15H,6-13H2,1-5H3. The molecule has 0 heterocycles. The summed E-state index contributed by atoms with van der Waals surface area (Å²) in [5, 5.41) is 9.64. The van der Waals surface area contributed by atoms with E-state index in [-0.39, 0.29) is 11.9 Å². The van der Waals surface area contributed by atoms with Crippen molar-refractivity contribution in [3.05, 3.63) is 0 Å². The summed E-state index contributed by atoms with van der Waals surface area (Å²) in [7, 11) is 0. The topological polar surface area (TPSA) is 44.1 Å². The van der Waals surface area contributed by atoms with E-state index < -0.39 is 5.41 Å². The highest BCUT2D eigenvalue weighted by atomic mass is 16.2. The Labute approximate surface area is 125 Å². The first-order chi connectivity index (χ1) is 9.52. The Morgan fingerprint density at radius 3 is 2.05 bits per heavy atom. The Morgan fingerprint density at radius 2 is 1.70 bits per heavy atom. The summed E-state index contributed by atoms with van der Waals surface area (Å²) in [5.74, 6) is 0.0616. The van der Waals surface area contributed by atoms with E-state index in [0.717, 1.165) is 38.6 Å². The maximum Gasteiger partial charge on any atom is 0.243 e. The second-order valence-corrected chi connectivity index (χ2v) is 5.80. The summed E-state index contributed by atoms with van der Waals surface area (Å²) in [6, 6.07) is 2.58. The van der Waals surface area contributed by atoms with Crippen molar-refractivity contribution in [2.75, 3.05) is 6.54 Å². The quantitative estimate of drug-likeness (QED) is 0.590. The maximum atomic E-state index is 13.0. The Kier molecular flexibility index (Phi) is 9.29. The van der Waals surface area contributed by atoms with Crippen molar-refractivity contribution < 1.29 is 4.79 Å². The van der Waals surface area contributed by atoms with Gasteiger partial charge < -0.3 is 4.90 Å². The number of carbonyl (C=O) groups excluding carboxylic acids is 1. The van der Waals surface area contributed by atoms with E-state index in [1.165, 1.54) is 0 Å². The van der Waals surface area contributed by atoms with Gasteiger partial charge in [0.2, 0.25) is 5.91 Å². The molecule has 0 radical (unpaired) electrons. The lowest BCUT2D eigenvalue weighted by Gasteiger charge is -2.36. The van der Waals surface area contributed by atoms with E-state index >= 15 is 0 Å². The van der Waals surface area contributed by atoms with Gasteiger partial charge in [-0.25, -0.2) is 0 Å². The van der Waals surface area contributed by atoms with Gasteiger partial charge in [-0.2, -0.15) is 5.26 Å². The maximum absolute atomic E-state index is 13.0. The molecule has 0 N–H and O–H groups in total. The number of hydrogen-bond acceptors (Lipinski definition) is 2. The molecule has 0 bridgehead atoms. The van der Waals surface area contributed by atoms with Crippen LogP contribution in [-0.2, 0) is 4.79 Å². The Morgan fingerprint density at radius 1 is 1.15 bits per heavy atom. The first-order valence-corrected chi connectivity index (χ1v) is 8.25. The van der Waals surface area contributed by atoms with Gasteiger partial charge in [0, 0.05) is 12.6 Å². The molecule has 116 valence electrons. The third-order valence-corrected chi connectivity index (χ3v) is 4.11. The van der Waals surface area contributed by atoms with E-state index in [9.17, 15) is 10.1 Å². The van der Waals surface area contributed by atoms with Crippen molar-refractivity contribution in [3.63, 3.8) is 0 Å². The number of hydrogen-bond donors (Lipinski definition) is 0. The van der Waals surface area contributed by atoms with Crippen LogP contribution >= 0.6 is 0 Å². The van der Waals surface area contributed by atoms with Crippen molar-refractivity contribution in [1.29, 1.82) is 5.26 Å². The van der Waals surface area contributed by atoms with Gasteiger partial charge in [-0.3, -0.25) is 4.79 Å². The van der Waals surface area contributed by atoms with Gasteiger partial charge in [0.15, 0.2) is 0 Å². The molecule has 0 aliphatic carbocycles. The van der Waals surface area contributed by atoms with Crippen molar-refractivity contribution in [1.82, 2.24) is 4.90 Å². The Balaban J connectivity index is 5.28. The van der Waals surface area contributed by atoms with Crippen LogP contribution in [0.25, 0.3) is 0 Å². The third kappa shape index (κ3) is 4.81. The molecule has 3 heteroatoms. The zero-order valence-corrected chi connectivity index (χ0v) is 14.0. The molecular formula is C17H32N2O. The van der Waals surface area contributed by atoms with Crippen molar-refractivity contribution in [3.8, 4) is 6.07 Å². The largest absolute Gasteiger partial charge is 0.339 e. The van der Waals surface area contributed by atoms with E-state index in [0.29, 0.717) is 12.8 Å². The van der Waals surface area contributed by atoms with Gasteiger partial charge >= 0.3 is 0 Å². The number of rotatable bonds is 10. The molecule has 0 saturated carbocycles. The molecule has 0 aliphatic heterocycles. The predicted molar refractivity (Wildman–Crippen MR) is 84.2 cm³/mol. The molecule has 1 amide bonds. The van der Waals surface area contributed by atoms with E-state index in [2.05, 4.69) is 40.7 Å². The zero-order chi connectivity index (χ0) is 15.6. The number of nitriles is 1. The minimum absolute atomic E-state index is 0.0616. The number of carbonyl (C=O) groups is 1. The average Bonchev–Trinajstić information content (AvgIpc) is 2.46. The Hall–Kier alpha value is -1.04. The number of unbranched alkanes of at least 4 members (excludes halogenated alkanes) is 1. The van der Waals surface area contributed by atoms with Crippen LogP contribution in [0, 0.1) is 16.7 Å². The van der Waals surface area contributed by atoms with Crippen LogP contribution in [0.1, 0.15) is 79.6 Å². The first-order valence-electron chi connectivity index (χ1n) is 8.25. The lowest BCUT2D eigenvalue weighted by Crippen LogP contribution is -2.47. The summed E-state index contributed by atoms with van der Waals surface area (Å²) >= 11 is 0. The van der Waals surface area contributed by atoms with Crippen molar-refractivity contribution in [2.24, 2.45) is 5.41 Å². The molecule has 0 spiro atoms. The molecule has 1 unspecified atom stereocenters. The van der Waals surface area contributed by atoms with Crippen LogP contribution in [0.4, 0.5) is 0 Å². The normalized spacial score (nSPS) is 12.8. The smallest absolute Gasteiger partial charge is 0.243 e.